The molecule has 3 heteroatoms. The number of nitrogens with zero attached hydrogens (tertiary/aromatic N) is 2. The molecule has 3 nitrogen and oxygen atoms in total. The molecule has 2 aliphatic rings. The molecule has 0 amide bonds. The molecule has 1 N–H and O–H groups in total. The maximum Gasteiger partial charge on any atom is 0.0773 e. The number of rotatable bonds is 1. The number of fused-ring (bicyclic) bond motifs is 1. The molecule has 0 bridgehead atoms. The Hall–Kier alpha value is -0.830. The largest absolute Gasteiger partial charge is 0.411 e. The lowest BCUT2D eigenvalue weighted by atomic mass is 9.52. The Kier molecular flexibility index (Phi) is 4.03. The molecular formula is C17H30N2O. The van der Waals surface area contributed by atoms with Gasteiger partial charge in [-0.2, -0.15) is 0 Å². The lowest BCUT2D eigenvalue weighted by Crippen LogP contribution is -2.50. The highest BCUT2D eigenvalue weighted by atomic mass is 16.4. The Morgan fingerprint density at radius 2 is 1.90 bits per heavy atom. The predicted octanol–water partition coefficient (Wildman–Crippen LogP) is 3.93. The molecule has 2 aliphatic carbocycles. The van der Waals surface area contributed by atoms with Crippen LogP contribution in [0.2, 0.25) is 0 Å². The van der Waals surface area contributed by atoms with Gasteiger partial charge in [-0.05, 0) is 70.4 Å². The monoisotopic (exact) mass is 278 g/mol. The fraction of sp³-hybridized carbons (Fsp3) is 0.824. The molecule has 3 atom stereocenters. The van der Waals surface area contributed by atoms with Crippen LogP contribution < -0.4 is 0 Å². The minimum absolute atomic E-state index is 0.143. The van der Waals surface area contributed by atoms with Gasteiger partial charge in [-0.3, -0.25) is 4.90 Å². The van der Waals surface area contributed by atoms with Crippen LogP contribution in [0.25, 0.3) is 0 Å². The summed E-state index contributed by atoms with van der Waals surface area (Å²) in [5.74, 6) is 1.40. The Morgan fingerprint density at radius 1 is 1.25 bits per heavy atom. The molecule has 0 aliphatic heterocycles. The molecule has 2 fully saturated rings. The maximum absolute atomic E-state index is 9.45. The third-order valence-corrected chi connectivity index (χ3v) is 6.11. The summed E-state index contributed by atoms with van der Waals surface area (Å²) in [7, 11) is 4.17. The fourth-order valence-corrected chi connectivity index (χ4v) is 4.22. The zero-order valence-electron chi connectivity index (χ0n) is 13.7. The molecule has 1 unspecified atom stereocenters. The van der Waals surface area contributed by atoms with Crippen molar-refractivity contribution in [3.8, 4) is 0 Å². The van der Waals surface area contributed by atoms with Crippen molar-refractivity contribution in [1.82, 2.24) is 4.90 Å². The molecule has 0 spiro atoms. The van der Waals surface area contributed by atoms with Crippen molar-refractivity contribution in [2.24, 2.45) is 22.4 Å². The predicted molar refractivity (Wildman–Crippen MR) is 84.3 cm³/mol. The van der Waals surface area contributed by atoms with E-state index >= 15 is 0 Å². The van der Waals surface area contributed by atoms with Crippen molar-refractivity contribution in [3.63, 3.8) is 0 Å². The number of hydrogen-bond donors (Lipinski definition) is 1. The molecule has 0 aromatic rings. The van der Waals surface area contributed by atoms with Crippen molar-refractivity contribution in [2.75, 3.05) is 14.1 Å². The van der Waals surface area contributed by atoms with Crippen LogP contribution in [0.4, 0.5) is 0 Å². The number of oxime groups is 1. The summed E-state index contributed by atoms with van der Waals surface area (Å²) in [6.07, 6.45) is 5.29. The lowest BCUT2D eigenvalue weighted by molar-refractivity contribution is -0.00312. The van der Waals surface area contributed by atoms with E-state index in [1.54, 1.807) is 0 Å². The first-order valence-corrected chi connectivity index (χ1v) is 7.79. The summed E-state index contributed by atoms with van der Waals surface area (Å²) in [6, 6.07) is 0. The third-order valence-electron chi connectivity index (χ3n) is 6.11. The first-order valence-electron chi connectivity index (χ1n) is 7.79. The van der Waals surface area contributed by atoms with Gasteiger partial charge in [0.1, 0.15) is 0 Å². The normalized spacial score (nSPS) is 39.7. The summed E-state index contributed by atoms with van der Waals surface area (Å²) >= 11 is 0. The zero-order chi connectivity index (χ0) is 15.1. The van der Waals surface area contributed by atoms with Crippen molar-refractivity contribution in [2.45, 2.75) is 58.4 Å². The summed E-state index contributed by atoms with van der Waals surface area (Å²) in [5, 5.41) is 13.1. The van der Waals surface area contributed by atoms with Gasteiger partial charge in [0.05, 0.1) is 11.3 Å². The number of allylic oxidation sites excluding steroid dienone is 1. The van der Waals surface area contributed by atoms with E-state index in [-0.39, 0.29) is 5.54 Å². The van der Waals surface area contributed by atoms with E-state index < -0.39 is 0 Å². The summed E-state index contributed by atoms with van der Waals surface area (Å²) in [6.45, 7) is 11.3. The first-order chi connectivity index (χ1) is 9.22. The van der Waals surface area contributed by atoms with Gasteiger partial charge in [-0.1, -0.05) is 31.2 Å². The van der Waals surface area contributed by atoms with Crippen molar-refractivity contribution in [1.29, 1.82) is 0 Å². The molecular weight excluding hydrogens is 248 g/mol. The highest BCUT2D eigenvalue weighted by molar-refractivity contribution is 5.93. The molecule has 0 saturated heterocycles. The topological polar surface area (TPSA) is 35.8 Å². The van der Waals surface area contributed by atoms with E-state index in [0.717, 1.165) is 30.9 Å². The molecule has 0 aromatic heterocycles. The SMILES string of the molecule is C=C1CC/C(=N\O)C(C)(N(C)C)CC[C@@H]2[C@@H]1CC2(C)C. The van der Waals surface area contributed by atoms with Crippen LogP contribution in [0.3, 0.4) is 0 Å². The van der Waals surface area contributed by atoms with E-state index in [0.29, 0.717) is 11.3 Å². The summed E-state index contributed by atoms with van der Waals surface area (Å²) in [4.78, 5) is 2.21. The molecule has 0 heterocycles. The van der Waals surface area contributed by atoms with Gasteiger partial charge in [0.15, 0.2) is 0 Å². The van der Waals surface area contributed by atoms with Crippen LogP contribution in [-0.4, -0.2) is 35.5 Å². The average molecular weight is 278 g/mol. The molecule has 114 valence electrons. The molecule has 2 saturated carbocycles. The van der Waals surface area contributed by atoms with Crippen LogP contribution in [0, 0.1) is 17.3 Å². The average Bonchev–Trinajstić information content (AvgIpc) is 2.39. The van der Waals surface area contributed by atoms with Gasteiger partial charge in [-0.25, -0.2) is 0 Å². The van der Waals surface area contributed by atoms with E-state index in [2.05, 4.69) is 51.5 Å². The molecule has 0 aromatic carbocycles. The van der Waals surface area contributed by atoms with Crippen molar-refractivity contribution in [3.05, 3.63) is 12.2 Å². The standard InChI is InChI=1S/C17H30N2O/c1-12-7-8-15(18-20)17(4,19(5)6)10-9-14-13(12)11-16(14,2)3/h13-14,20H,1,7-11H2,2-6H3/b18-15+/t13-,14-,17?/m1/s1. The van der Waals surface area contributed by atoms with Crippen LogP contribution in [0.15, 0.2) is 17.3 Å². The number of hydrogen-bond acceptors (Lipinski definition) is 3. The van der Waals surface area contributed by atoms with Gasteiger partial charge in [0.2, 0.25) is 0 Å². The maximum atomic E-state index is 9.45. The van der Waals surface area contributed by atoms with E-state index in [4.69, 9.17) is 0 Å². The Bertz CT molecular complexity index is 425. The van der Waals surface area contributed by atoms with Gasteiger partial charge >= 0.3 is 0 Å². The molecule has 20 heavy (non-hydrogen) atoms. The van der Waals surface area contributed by atoms with Crippen LogP contribution in [0.1, 0.15) is 52.9 Å². The summed E-state index contributed by atoms with van der Waals surface area (Å²) < 4.78 is 0. The van der Waals surface area contributed by atoms with Crippen molar-refractivity contribution >= 4 is 5.71 Å². The Balaban J connectivity index is 2.29. The van der Waals surface area contributed by atoms with Crippen LogP contribution in [-0.2, 0) is 0 Å². The second-order valence-corrected chi connectivity index (χ2v) is 7.82. The van der Waals surface area contributed by atoms with E-state index in [9.17, 15) is 5.21 Å². The second-order valence-electron chi connectivity index (χ2n) is 7.82. The third kappa shape index (κ3) is 2.41. The Labute approximate surface area is 123 Å². The van der Waals surface area contributed by atoms with Gasteiger partial charge in [0.25, 0.3) is 0 Å². The van der Waals surface area contributed by atoms with Crippen molar-refractivity contribution < 1.29 is 5.21 Å². The minimum Gasteiger partial charge on any atom is -0.411 e. The smallest absolute Gasteiger partial charge is 0.0773 e. The van der Waals surface area contributed by atoms with Gasteiger partial charge < -0.3 is 5.21 Å². The van der Waals surface area contributed by atoms with Crippen LogP contribution in [0.5, 0.6) is 0 Å². The van der Waals surface area contributed by atoms with Gasteiger partial charge in [0, 0.05) is 0 Å². The zero-order valence-corrected chi connectivity index (χ0v) is 13.7. The highest BCUT2D eigenvalue weighted by Gasteiger charge is 2.49. The van der Waals surface area contributed by atoms with Crippen LogP contribution >= 0.6 is 0 Å². The highest BCUT2D eigenvalue weighted by Crippen LogP contribution is 2.57. The first kappa shape index (κ1) is 15.6. The summed E-state index contributed by atoms with van der Waals surface area (Å²) in [5.41, 5.74) is 2.55. The molecule has 0 radical (unpaired) electrons. The fourth-order valence-electron chi connectivity index (χ4n) is 4.22. The second kappa shape index (κ2) is 5.18. The lowest BCUT2D eigenvalue weighted by Gasteiger charge is -2.53. The quantitative estimate of drug-likeness (QED) is 0.448. The van der Waals surface area contributed by atoms with E-state index in [1.807, 2.05) is 0 Å². The van der Waals surface area contributed by atoms with Gasteiger partial charge in [-0.15, -0.1) is 0 Å². The molecule has 2 rings (SSSR count). The van der Waals surface area contributed by atoms with E-state index in [1.165, 1.54) is 18.4 Å². The minimum atomic E-state index is -0.143. The Morgan fingerprint density at radius 3 is 2.40 bits per heavy atom.